The summed E-state index contributed by atoms with van der Waals surface area (Å²) in [4.78, 5) is 44.8. The average Bonchev–Trinajstić information content (AvgIpc) is 3.32. The first-order valence-corrected chi connectivity index (χ1v) is 12.4. The number of rotatable bonds is 4. The summed E-state index contributed by atoms with van der Waals surface area (Å²) >= 11 is 4.56. The number of carbonyl (C=O) groups is 2. The van der Waals surface area contributed by atoms with Crippen LogP contribution in [0.25, 0.3) is 5.57 Å². The summed E-state index contributed by atoms with van der Waals surface area (Å²) in [5.41, 5.74) is 2.53. The number of fused-ring (bicyclic) bond motifs is 2. The van der Waals surface area contributed by atoms with Crippen LogP contribution in [-0.2, 0) is 14.3 Å². The van der Waals surface area contributed by atoms with E-state index in [1.165, 1.54) is 4.57 Å². The van der Waals surface area contributed by atoms with Crippen LogP contribution in [0.4, 0.5) is 5.69 Å². The molecule has 1 atom stereocenters. The lowest BCUT2D eigenvalue weighted by Gasteiger charge is -2.25. The highest BCUT2D eigenvalue weighted by Crippen LogP contribution is 2.34. The third-order valence-electron chi connectivity index (χ3n) is 5.86. The molecule has 178 valence electrons. The maximum absolute atomic E-state index is 13.9. The molecule has 3 heterocycles. The Morgan fingerprint density at radius 1 is 1.23 bits per heavy atom. The van der Waals surface area contributed by atoms with Gasteiger partial charge in [-0.05, 0) is 49.7 Å². The van der Waals surface area contributed by atoms with Gasteiger partial charge in [0.1, 0.15) is 10.3 Å². The summed E-state index contributed by atoms with van der Waals surface area (Å²) in [5.74, 6) is -0.325. The monoisotopic (exact) mass is 553 g/mol. The van der Waals surface area contributed by atoms with Gasteiger partial charge in [-0.2, -0.15) is 0 Å². The molecule has 0 aliphatic carbocycles. The number of nitrogens with one attached hydrogen (secondary N) is 1. The number of esters is 1. The third-order valence-corrected chi connectivity index (χ3v) is 7.40. The van der Waals surface area contributed by atoms with Gasteiger partial charge in [0.05, 0.1) is 36.6 Å². The van der Waals surface area contributed by atoms with Gasteiger partial charge in [0, 0.05) is 15.7 Å². The van der Waals surface area contributed by atoms with Gasteiger partial charge in [-0.15, -0.1) is 0 Å². The van der Waals surface area contributed by atoms with Crippen LogP contribution in [0.1, 0.15) is 31.0 Å². The molecule has 1 N–H and O–H groups in total. The Morgan fingerprint density at radius 2 is 2.03 bits per heavy atom. The summed E-state index contributed by atoms with van der Waals surface area (Å²) < 4.78 is 13.2. The molecule has 2 aromatic carbocycles. The Morgan fingerprint density at radius 3 is 2.77 bits per heavy atom. The quantitative estimate of drug-likeness (QED) is 0.501. The molecule has 0 bridgehead atoms. The first kappa shape index (κ1) is 23.3. The molecule has 0 saturated carbocycles. The first-order chi connectivity index (χ1) is 16.8. The molecule has 3 aromatic rings. The number of amides is 1. The number of hydrogen-bond donors (Lipinski definition) is 1. The SMILES string of the molecule is CCOC(=O)C1=C(C)N=c2s/c(=C3\C(=O)Nc4ccc(Br)cc43)c(=O)n2[C@H]1c1cccc(OC)c1. The van der Waals surface area contributed by atoms with E-state index in [0.717, 1.165) is 15.8 Å². The zero-order valence-electron chi connectivity index (χ0n) is 19.0. The molecule has 2 aliphatic rings. The van der Waals surface area contributed by atoms with Gasteiger partial charge < -0.3 is 14.8 Å². The van der Waals surface area contributed by atoms with E-state index in [4.69, 9.17) is 9.47 Å². The second kappa shape index (κ2) is 8.94. The number of ether oxygens (including phenoxy) is 2. The second-order valence-corrected chi connectivity index (χ2v) is 9.81. The molecular weight excluding hydrogens is 534 g/mol. The van der Waals surface area contributed by atoms with E-state index < -0.39 is 17.6 Å². The van der Waals surface area contributed by atoms with E-state index >= 15 is 0 Å². The normalized spacial score (nSPS) is 17.9. The van der Waals surface area contributed by atoms with Crippen molar-refractivity contribution in [2.45, 2.75) is 19.9 Å². The van der Waals surface area contributed by atoms with Gasteiger partial charge in [-0.25, -0.2) is 9.79 Å². The van der Waals surface area contributed by atoms with Gasteiger partial charge >= 0.3 is 5.97 Å². The maximum atomic E-state index is 13.9. The molecule has 1 aromatic heterocycles. The van der Waals surface area contributed by atoms with Crippen molar-refractivity contribution in [2.24, 2.45) is 4.99 Å². The number of carbonyl (C=O) groups excluding carboxylic acids is 2. The molecule has 0 fully saturated rings. The van der Waals surface area contributed by atoms with Crippen molar-refractivity contribution >= 4 is 50.4 Å². The highest BCUT2D eigenvalue weighted by atomic mass is 79.9. The van der Waals surface area contributed by atoms with E-state index in [1.54, 1.807) is 51.3 Å². The van der Waals surface area contributed by atoms with E-state index in [1.807, 2.05) is 12.1 Å². The first-order valence-electron chi connectivity index (χ1n) is 10.8. The van der Waals surface area contributed by atoms with E-state index in [2.05, 4.69) is 26.2 Å². The lowest BCUT2D eigenvalue weighted by Crippen LogP contribution is -2.40. The van der Waals surface area contributed by atoms with Gasteiger partial charge in [-0.3, -0.25) is 14.2 Å². The van der Waals surface area contributed by atoms with Gasteiger partial charge in [0.25, 0.3) is 11.5 Å². The van der Waals surface area contributed by atoms with Crippen LogP contribution in [0.3, 0.4) is 0 Å². The number of halogens is 1. The van der Waals surface area contributed by atoms with Crippen LogP contribution in [0.2, 0.25) is 0 Å². The standard InChI is InChI=1S/C25H20BrN3O5S/c1-4-34-24(32)18-12(2)27-25-29(20(18)13-6-5-7-15(10-13)33-3)23(31)21(35-25)19-16-11-14(26)8-9-17(16)28-22(19)30/h5-11,20H,4H2,1-3H3,(H,28,30)/b21-19-/t20-/m0/s1. The Bertz CT molecular complexity index is 1620. The van der Waals surface area contributed by atoms with E-state index in [-0.39, 0.29) is 28.2 Å². The molecule has 1 amide bonds. The fraction of sp³-hybridized carbons (Fsp3) is 0.200. The highest BCUT2D eigenvalue weighted by Gasteiger charge is 2.35. The Kier molecular flexibility index (Phi) is 5.94. The lowest BCUT2D eigenvalue weighted by molar-refractivity contribution is -0.139. The predicted octanol–water partition coefficient (Wildman–Crippen LogP) is 2.89. The Labute approximate surface area is 212 Å². The van der Waals surface area contributed by atoms with Crippen molar-refractivity contribution in [3.05, 3.63) is 89.0 Å². The zero-order valence-corrected chi connectivity index (χ0v) is 21.5. The average molecular weight is 554 g/mol. The molecule has 5 rings (SSSR count). The minimum Gasteiger partial charge on any atom is -0.497 e. The Hall–Kier alpha value is -3.50. The second-order valence-electron chi connectivity index (χ2n) is 7.92. The lowest BCUT2D eigenvalue weighted by atomic mass is 9.95. The van der Waals surface area contributed by atoms with Crippen molar-refractivity contribution < 1.29 is 19.1 Å². The van der Waals surface area contributed by atoms with E-state index in [9.17, 15) is 14.4 Å². The summed E-state index contributed by atoms with van der Waals surface area (Å²) in [5, 5.41) is 2.82. The number of methoxy groups -OCH3 is 1. The van der Waals surface area contributed by atoms with Crippen molar-refractivity contribution in [1.82, 2.24) is 4.57 Å². The molecule has 2 aliphatic heterocycles. The maximum Gasteiger partial charge on any atom is 0.338 e. The number of nitrogens with zero attached hydrogens (tertiary/aromatic N) is 2. The predicted molar refractivity (Wildman–Crippen MR) is 135 cm³/mol. The van der Waals surface area contributed by atoms with Crippen LogP contribution in [-0.4, -0.2) is 30.2 Å². The number of aromatic nitrogens is 1. The summed E-state index contributed by atoms with van der Waals surface area (Å²) in [7, 11) is 1.55. The molecule has 0 radical (unpaired) electrons. The molecule has 35 heavy (non-hydrogen) atoms. The van der Waals surface area contributed by atoms with Crippen LogP contribution < -0.4 is 24.9 Å². The number of thiazole rings is 1. The fourth-order valence-corrected chi connectivity index (χ4v) is 5.84. The zero-order chi connectivity index (χ0) is 24.9. The molecule has 8 nitrogen and oxygen atoms in total. The molecule has 10 heteroatoms. The third kappa shape index (κ3) is 3.82. The number of anilines is 1. The van der Waals surface area contributed by atoms with E-state index in [0.29, 0.717) is 33.1 Å². The van der Waals surface area contributed by atoms with Crippen LogP contribution in [0.5, 0.6) is 5.75 Å². The number of benzene rings is 2. The summed E-state index contributed by atoms with van der Waals surface area (Å²) in [6, 6.07) is 11.8. The van der Waals surface area contributed by atoms with Crippen LogP contribution in [0.15, 0.2) is 68.0 Å². The van der Waals surface area contributed by atoms with Crippen molar-refractivity contribution in [3.63, 3.8) is 0 Å². The highest BCUT2D eigenvalue weighted by molar-refractivity contribution is 9.10. The molecular formula is C25H20BrN3O5S. The topological polar surface area (TPSA) is 99.0 Å². The van der Waals surface area contributed by atoms with Crippen LogP contribution >= 0.6 is 27.3 Å². The van der Waals surface area contributed by atoms with Gasteiger partial charge in [-0.1, -0.05) is 39.4 Å². The van der Waals surface area contributed by atoms with Crippen molar-refractivity contribution in [3.8, 4) is 5.75 Å². The number of hydrogen-bond acceptors (Lipinski definition) is 7. The summed E-state index contributed by atoms with van der Waals surface area (Å²) in [6.07, 6.45) is 0. The fourth-order valence-electron chi connectivity index (χ4n) is 4.33. The van der Waals surface area contributed by atoms with Crippen molar-refractivity contribution in [1.29, 1.82) is 0 Å². The van der Waals surface area contributed by atoms with Crippen LogP contribution in [0, 0.1) is 0 Å². The molecule has 0 saturated heterocycles. The van der Waals surface area contributed by atoms with Crippen molar-refractivity contribution in [2.75, 3.05) is 19.0 Å². The Balaban J connectivity index is 1.83. The minimum atomic E-state index is -0.791. The largest absolute Gasteiger partial charge is 0.497 e. The molecule has 0 spiro atoms. The van der Waals surface area contributed by atoms with Gasteiger partial charge in [0.15, 0.2) is 4.80 Å². The molecule has 0 unspecified atom stereocenters. The summed E-state index contributed by atoms with van der Waals surface area (Å²) in [6.45, 7) is 3.62. The van der Waals surface area contributed by atoms with Gasteiger partial charge in [0.2, 0.25) is 0 Å². The smallest absolute Gasteiger partial charge is 0.338 e. The number of allylic oxidation sites excluding steroid dienone is 1. The minimum absolute atomic E-state index is 0.181.